The van der Waals surface area contributed by atoms with Crippen LogP contribution in [0.4, 0.5) is 0 Å². The van der Waals surface area contributed by atoms with Crippen molar-refractivity contribution >= 4 is 43.6 Å². The minimum absolute atomic E-state index is 0.662. The zero-order valence-electron chi connectivity index (χ0n) is 42.6. The Morgan fingerprint density at radius 3 is 1.20 bits per heavy atom. The van der Waals surface area contributed by atoms with Gasteiger partial charge in [-0.3, -0.25) is 0 Å². The van der Waals surface area contributed by atoms with E-state index in [4.69, 9.17) is 9.97 Å². The summed E-state index contributed by atoms with van der Waals surface area (Å²) in [5, 5.41) is 4.85. The van der Waals surface area contributed by atoms with Gasteiger partial charge in [0.25, 0.3) is 0 Å². The number of benzene rings is 10. The second-order valence-corrected chi connectivity index (χ2v) is 20.2. The second kappa shape index (κ2) is 17.9. The first-order valence-corrected chi connectivity index (χ1v) is 25.6. The van der Waals surface area contributed by atoms with Crippen molar-refractivity contribution in [1.29, 1.82) is 0 Å². The molecule has 354 valence electrons. The van der Waals surface area contributed by atoms with E-state index in [9.17, 15) is 0 Å². The van der Waals surface area contributed by atoms with E-state index in [0.29, 0.717) is 5.82 Å². The summed E-state index contributed by atoms with van der Waals surface area (Å²) in [4.78, 5) is 10.8. The zero-order chi connectivity index (χ0) is 50.2. The third kappa shape index (κ3) is 7.52. The van der Waals surface area contributed by atoms with Crippen LogP contribution < -0.4 is 0 Å². The maximum atomic E-state index is 5.39. The Labute approximate surface area is 432 Å². The van der Waals surface area contributed by atoms with E-state index in [-0.39, 0.29) is 0 Å². The summed E-state index contributed by atoms with van der Waals surface area (Å²) in [7, 11) is 0. The lowest BCUT2D eigenvalue weighted by Crippen LogP contribution is -2.03. The summed E-state index contributed by atoms with van der Waals surface area (Å²) in [6, 6.07) is 79.7. The van der Waals surface area contributed by atoms with Crippen LogP contribution in [0.15, 0.2) is 218 Å². The highest BCUT2D eigenvalue weighted by molar-refractivity contribution is 6.13. The molecule has 0 N–H and O–H groups in total. The van der Waals surface area contributed by atoms with Gasteiger partial charge in [-0.25, -0.2) is 9.97 Å². The minimum atomic E-state index is 0.662. The quantitative estimate of drug-likeness (QED) is 0.152. The molecule has 4 nitrogen and oxygen atoms in total. The van der Waals surface area contributed by atoms with Gasteiger partial charge in [-0.2, -0.15) is 0 Å². The summed E-state index contributed by atoms with van der Waals surface area (Å²) in [5.41, 5.74) is 26.3. The molecule has 74 heavy (non-hydrogen) atoms. The molecule has 10 aromatic carbocycles. The number of hydrogen-bond donors (Lipinski definition) is 0. The second-order valence-electron chi connectivity index (χ2n) is 20.2. The van der Waals surface area contributed by atoms with Gasteiger partial charge in [-0.15, -0.1) is 0 Å². The SMILES string of the molecule is Cc1cc(C)c(-c2ccc3c(c2)c2cc(-c4c(C)cc(C)cc4C)ccc2n3-c2cc(-c3nc(-c4ccccc4)cc(-c4ccccc4)n3)ccc2-c2ccccc2-n2c3ccccc3c3ccccc32)c(C)c1. The van der Waals surface area contributed by atoms with Gasteiger partial charge < -0.3 is 9.13 Å². The fourth-order valence-corrected chi connectivity index (χ4v) is 12.1. The highest BCUT2D eigenvalue weighted by Gasteiger charge is 2.23. The average molecular weight is 951 g/mol. The fourth-order valence-electron chi connectivity index (χ4n) is 12.1. The summed E-state index contributed by atoms with van der Waals surface area (Å²) in [6.07, 6.45) is 0. The fraction of sp³-hybridized carbons (Fsp3) is 0.0857. The molecule has 0 aliphatic heterocycles. The Morgan fingerprint density at radius 1 is 0.284 bits per heavy atom. The van der Waals surface area contributed by atoms with Gasteiger partial charge in [-0.1, -0.05) is 175 Å². The van der Waals surface area contributed by atoms with E-state index in [1.165, 1.54) is 88.2 Å². The molecule has 0 bridgehead atoms. The van der Waals surface area contributed by atoms with Crippen molar-refractivity contribution in [3.8, 4) is 78.7 Å². The van der Waals surface area contributed by atoms with Crippen LogP contribution in [0, 0.1) is 41.5 Å². The first-order chi connectivity index (χ1) is 36.2. The molecule has 0 aliphatic rings. The van der Waals surface area contributed by atoms with Crippen LogP contribution in [0.5, 0.6) is 0 Å². The minimum Gasteiger partial charge on any atom is -0.309 e. The normalized spacial score (nSPS) is 11.6. The van der Waals surface area contributed by atoms with Crippen LogP contribution in [0.3, 0.4) is 0 Å². The van der Waals surface area contributed by atoms with Crippen molar-refractivity contribution in [2.75, 3.05) is 0 Å². The zero-order valence-corrected chi connectivity index (χ0v) is 42.6. The lowest BCUT2D eigenvalue weighted by molar-refractivity contribution is 1.15. The van der Waals surface area contributed by atoms with E-state index in [0.717, 1.165) is 61.6 Å². The third-order valence-corrected chi connectivity index (χ3v) is 15.1. The summed E-state index contributed by atoms with van der Waals surface area (Å²) < 4.78 is 4.95. The topological polar surface area (TPSA) is 35.6 Å². The molecule has 3 aromatic heterocycles. The predicted octanol–water partition coefficient (Wildman–Crippen LogP) is 18.5. The molecular formula is C70H54N4. The highest BCUT2D eigenvalue weighted by atomic mass is 15.0. The van der Waals surface area contributed by atoms with Gasteiger partial charge in [0.1, 0.15) is 0 Å². The maximum Gasteiger partial charge on any atom is 0.160 e. The molecule has 0 aliphatic carbocycles. The molecule has 13 rings (SSSR count). The number of para-hydroxylation sites is 3. The Hall–Kier alpha value is -9.12. The van der Waals surface area contributed by atoms with Gasteiger partial charge in [-0.05, 0) is 141 Å². The molecule has 0 atom stereocenters. The van der Waals surface area contributed by atoms with Gasteiger partial charge >= 0.3 is 0 Å². The Morgan fingerprint density at radius 2 is 0.689 bits per heavy atom. The summed E-state index contributed by atoms with van der Waals surface area (Å²) in [6.45, 7) is 13.4. The molecule has 3 heterocycles. The molecule has 0 radical (unpaired) electrons. The van der Waals surface area contributed by atoms with Crippen LogP contribution in [0.25, 0.3) is 122 Å². The van der Waals surface area contributed by atoms with Crippen LogP contribution in [0.2, 0.25) is 0 Å². The molecule has 0 fully saturated rings. The number of aryl methyl sites for hydroxylation is 6. The smallest absolute Gasteiger partial charge is 0.160 e. The van der Waals surface area contributed by atoms with E-state index < -0.39 is 0 Å². The highest BCUT2D eigenvalue weighted by Crippen LogP contribution is 2.45. The molecule has 0 saturated heterocycles. The number of rotatable bonds is 8. The number of aromatic nitrogens is 4. The lowest BCUT2D eigenvalue weighted by atomic mass is 9.91. The van der Waals surface area contributed by atoms with Gasteiger partial charge in [0.15, 0.2) is 5.82 Å². The van der Waals surface area contributed by atoms with Crippen LogP contribution in [-0.2, 0) is 0 Å². The summed E-state index contributed by atoms with van der Waals surface area (Å²) >= 11 is 0. The lowest BCUT2D eigenvalue weighted by Gasteiger charge is -2.20. The van der Waals surface area contributed by atoms with Gasteiger partial charge in [0.05, 0.1) is 44.8 Å². The van der Waals surface area contributed by atoms with Gasteiger partial charge in [0.2, 0.25) is 0 Å². The first-order valence-electron chi connectivity index (χ1n) is 25.6. The largest absolute Gasteiger partial charge is 0.309 e. The Kier molecular flexibility index (Phi) is 10.8. The van der Waals surface area contributed by atoms with Crippen LogP contribution in [0.1, 0.15) is 33.4 Å². The Bertz CT molecular complexity index is 4090. The van der Waals surface area contributed by atoms with E-state index in [1.54, 1.807) is 0 Å². The van der Waals surface area contributed by atoms with Crippen molar-refractivity contribution < 1.29 is 0 Å². The molecule has 0 spiro atoms. The van der Waals surface area contributed by atoms with E-state index >= 15 is 0 Å². The van der Waals surface area contributed by atoms with Gasteiger partial charge in [0, 0.05) is 49.4 Å². The monoisotopic (exact) mass is 950 g/mol. The van der Waals surface area contributed by atoms with Crippen molar-refractivity contribution in [3.05, 3.63) is 252 Å². The molecule has 13 aromatic rings. The third-order valence-electron chi connectivity index (χ3n) is 15.1. The van der Waals surface area contributed by atoms with Crippen LogP contribution in [-0.4, -0.2) is 19.1 Å². The first kappa shape index (κ1) is 44.8. The molecule has 0 saturated carbocycles. The van der Waals surface area contributed by atoms with Crippen molar-refractivity contribution in [2.45, 2.75) is 41.5 Å². The molecular weight excluding hydrogens is 897 g/mol. The summed E-state index contributed by atoms with van der Waals surface area (Å²) in [5.74, 6) is 0.662. The predicted molar refractivity (Wildman–Crippen MR) is 312 cm³/mol. The van der Waals surface area contributed by atoms with E-state index in [1.807, 2.05) is 0 Å². The molecule has 0 unspecified atom stereocenters. The van der Waals surface area contributed by atoms with Crippen molar-refractivity contribution in [3.63, 3.8) is 0 Å². The molecule has 4 heteroatoms. The standard InChI is InChI=1S/C70H54N4/c1-43-35-45(3)68(46(4)36-43)51-30-33-65-58(39-51)59-40-52(69-47(5)37-44(2)38-48(69)6)31-34-66(59)74(65)67-41-53(70-71-60(49-19-9-7-10-20-49)42-61(72-70)50-21-11-8-12-22-50)29-32-57(67)56-25-15-18-28-64(56)73-62-26-16-13-23-54(62)55-24-14-17-27-63(55)73/h7-42H,1-6H3. The average Bonchev–Trinajstić information content (AvgIpc) is 3.94. The molecule has 0 amide bonds. The number of fused-ring (bicyclic) bond motifs is 6. The van der Waals surface area contributed by atoms with Crippen molar-refractivity contribution in [2.24, 2.45) is 0 Å². The van der Waals surface area contributed by atoms with E-state index in [2.05, 4.69) is 269 Å². The maximum absolute atomic E-state index is 5.39. The number of hydrogen-bond acceptors (Lipinski definition) is 2. The van der Waals surface area contributed by atoms with Crippen molar-refractivity contribution in [1.82, 2.24) is 19.1 Å². The number of nitrogens with zero attached hydrogens (tertiary/aromatic N) is 4. The van der Waals surface area contributed by atoms with Crippen LogP contribution >= 0.6 is 0 Å². The Balaban J connectivity index is 1.13.